The van der Waals surface area contributed by atoms with Gasteiger partial charge in [0.25, 0.3) is 5.91 Å². The van der Waals surface area contributed by atoms with Gasteiger partial charge in [-0.3, -0.25) is 9.48 Å². The predicted octanol–water partition coefficient (Wildman–Crippen LogP) is 4.20. The number of hydrogen-bond acceptors (Lipinski definition) is 5. The van der Waals surface area contributed by atoms with Crippen molar-refractivity contribution in [2.24, 2.45) is 7.05 Å². The second-order valence-corrected chi connectivity index (χ2v) is 10.5. The molecule has 1 atom stereocenters. The highest BCUT2D eigenvalue weighted by atomic mass is 32.1. The molecule has 0 saturated carbocycles. The number of carbonyl (C=O) groups excluding carboxylic acids is 2. The Morgan fingerprint density at radius 1 is 1.21 bits per heavy atom. The van der Waals surface area contributed by atoms with Crippen LogP contribution < -0.4 is 15.5 Å². The second kappa shape index (κ2) is 10.4. The van der Waals surface area contributed by atoms with Crippen molar-refractivity contribution in [2.75, 3.05) is 30.9 Å². The third-order valence-electron chi connectivity index (χ3n) is 7.30. The van der Waals surface area contributed by atoms with Crippen LogP contribution in [0.25, 0.3) is 0 Å². The smallest absolute Gasteiger partial charge is 0.318 e. The van der Waals surface area contributed by atoms with Crippen molar-refractivity contribution in [3.63, 3.8) is 0 Å². The summed E-state index contributed by atoms with van der Waals surface area (Å²) in [6.07, 6.45) is 3.62. The average Bonchev–Trinajstić information content (AvgIpc) is 3.49. The summed E-state index contributed by atoms with van der Waals surface area (Å²) in [7, 11) is 5.71. The normalized spacial score (nSPS) is 16.3. The SMILES string of the molecule is Cc1cc(C(=O)N2Cc3cnn(C)c3Nc3ccccc32)ccc1CNC(=O)N1CCCC1C(=S)N(C)C. The van der Waals surface area contributed by atoms with Crippen LogP contribution in [0.4, 0.5) is 22.0 Å². The zero-order valence-electron chi connectivity index (χ0n) is 22.2. The van der Waals surface area contributed by atoms with Crippen molar-refractivity contribution in [2.45, 2.75) is 38.9 Å². The predicted molar refractivity (Wildman–Crippen MR) is 153 cm³/mol. The first-order valence-corrected chi connectivity index (χ1v) is 13.2. The van der Waals surface area contributed by atoms with E-state index in [1.807, 2.05) is 80.3 Å². The topological polar surface area (TPSA) is 85.7 Å². The Hall–Kier alpha value is -3.92. The Morgan fingerprint density at radius 2 is 2.00 bits per heavy atom. The summed E-state index contributed by atoms with van der Waals surface area (Å²) in [5.41, 5.74) is 5.12. The van der Waals surface area contributed by atoms with Gasteiger partial charge in [-0.05, 0) is 55.2 Å². The lowest BCUT2D eigenvalue weighted by Gasteiger charge is -2.28. The van der Waals surface area contributed by atoms with Gasteiger partial charge in [0, 0.05) is 45.4 Å². The quantitative estimate of drug-likeness (QED) is 0.491. The summed E-state index contributed by atoms with van der Waals surface area (Å²) in [5.74, 6) is 0.786. The summed E-state index contributed by atoms with van der Waals surface area (Å²) < 4.78 is 1.78. The fourth-order valence-corrected chi connectivity index (χ4v) is 5.40. The van der Waals surface area contributed by atoms with E-state index in [-0.39, 0.29) is 18.0 Å². The number of hydrogen-bond donors (Lipinski definition) is 2. The lowest BCUT2D eigenvalue weighted by atomic mass is 10.0. The molecule has 38 heavy (non-hydrogen) atoms. The molecule has 2 aliphatic heterocycles. The Kier molecular flexibility index (Phi) is 7.07. The highest BCUT2D eigenvalue weighted by Crippen LogP contribution is 2.36. The number of amides is 3. The van der Waals surface area contributed by atoms with E-state index in [1.165, 1.54) is 0 Å². The van der Waals surface area contributed by atoms with Crippen molar-refractivity contribution < 1.29 is 9.59 Å². The van der Waals surface area contributed by atoms with Gasteiger partial charge in [0.15, 0.2) is 0 Å². The third-order valence-corrected chi connectivity index (χ3v) is 7.93. The maximum Gasteiger partial charge on any atom is 0.318 e. The standard InChI is InChI=1S/C28H33N7O2S/c1-18-14-19(11-12-20(18)15-29-28(37)34-13-7-10-24(34)27(38)32(2)3)26(36)35-17-21-16-30-33(4)25(21)31-22-8-5-6-9-23(22)35/h5-6,8-9,11-12,14,16,24,31H,7,10,13,15,17H2,1-4H3,(H,29,37). The van der Waals surface area contributed by atoms with E-state index < -0.39 is 0 Å². The summed E-state index contributed by atoms with van der Waals surface area (Å²) in [6.45, 7) is 3.46. The minimum atomic E-state index is -0.114. The van der Waals surface area contributed by atoms with Crippen molar-refractivity contribution >= 4 is 46.3 Å². The van der Waals surface area contributed by atoms with E-state index in [0.29, 0.717) is 25.2 Å². The third kappa shape index (κ3) is 4.83. The van der Waals surface area contributed by atoms with Gasteiger partial charge in [0.2, 0.25) is 0 Å². The number of likely N-dealkylation sites (N-methyl/N-ethyl adjacent to an activating group) is 1. The van der Waals surface area contributed by atoms with Crippen molar-refractivity contribution in [3.8, 4) is 0 Å². The first kappa shape index (κ1) is 25.7. The molecule has 0 bridgehead atoms. The highest BCUT2D eigenvalue weighted by molar-refractivity contribution is 7.80. The van der Waals surface area contributed by atoms with E-state index in [1.54, 1.807) is 15.8 Å². The summed E-state index contributed by atoms with van der Waals surface area (Å²) in [5, 5.41) is 10.8. The van der Waals surface area contributed by atoms with Gasteiger partial charge in [-0.2, -0.15) is 5.10 Å². The summed E-state index contributed by atoms with van der Waals surface area (Å²) in [4.78, 5) is 33.0. The van der Waals surface area contributed by atoms with Gasteiger partial charge >= 0.3 is 6.03 Å². The minimum Gasteiger partial charge on any atom is -0.371 e. The molecule has 1 unspecified atom stereocenters. The molecule has 2 aromatic carbocycles. The van der Waals surface area contributed by atoms with Gasteiger partial charge in [0.1, 0.15) is 10.8 Å². The summed E-state index contributed by atoms with van der Waals surface area (Å²) in [6, 6.07) is 13.3. The number of likely N-dealkylation sites (tertiary alicyclic amines) is 1. The Bertz CT molecular complexity index is 1400. The molecular weight excluding hydrogens is 498 g/mol. The maximum atomic E-state index is 13.8. The fourth-order valence-electron chi connectivity index (χ4n) is 5.16. The summed E-state index contributed by atoms with van der Waals surface area (Å²) >= 11 is 5.54. The van der Waals surface area contributed by atoms with E-state index in [4.69, 9.17) is 12.2 Å². The number of urea groups is 1. The molecule has 0 aliphatic carbocycles. The number of aryl methyl sites for hydroxylation is 2. The van der Waals surface area contributed by atoms with Gasteiger partial charge in [-0.15, -0.1) is 0 Å². The van der Waals surface area contributed by atoms with Crippen LogP contribution in [-0.4, -0.2) is 63.2 Å². The molecule has 3 amide bonds. The van der Waals surface area contributed by atoms with Gasteiger partial charge in [0.05, 0.1) is 30.2 Å². The molecule has 3 heterocycles. The lowest BCUT2D eigenvalue weighted by molar-refractivity contribution is 0.0985. The largest absolute Gasteiger partial charge is 0.371 e. The van der Waals surface area contributed by atoms with Crippen LogP contribution >= 0.6 is 12.2 Å². The number of thiocarbonyl (C=S) groups is 1. The van der Waals surface area contributed by atoms with Crippen molar-refractivity contribution in [1.82, 2.24) is 24.9 Å². The molecule has 2 aliphatic rings. The molecule has 3 aromatic rings. The van der Waals surface area contributed by atoms with Gasteiger partial charge < -0.3 is 25.3 Å². The van der Waals surface area contributed by atoms with Crippen LogP contribution in [-0.2, 0) is 20.1 Å². The first-order chi connectivity index (χ1) is 18.2. The molecule has 198 valence electrons. The maximum absolute atomic E-state index is 13.8. The molecule has 9 nitrogen and oxygen atoms in total. The molecule has 1 fully saturated rings. The number of para-hydroxylation sites is 2. The molecule has 5 rings (SSSR count). The zero-order valence-corrected chi connectivity index (χ0v) is 23.0. The molecule has 10 heteroatoms. The van der Waals surface area contributed by atoms with Crippen molar-refractivity contribution in [3.05, 3.63) is 70.9 Å². The zero-order chi connectivity index (χ0) is 27.0. The molecular formula is C28H33N7O2S. The highest BCUT2D eigenvalue weighted by Gasteiger charge is 2.32. The molecule has 2 N–H and O–H groups in total. The van der Waals surface area contributed by atoms with Crippen LogP contribution in [0, 0.1) is 6.92 Å². The van der Waals surface area contributed by atoms with Crippen LogP contribution in [0.1, 0.15) is 39.9 Å². The number of fused-ring (bicyclic) bond motifs is 2. The number of benzene rings is 2. The van der Waals surface area contributed by atoms with E-state index in [9.17, 15) is 9.59 Å². The molecule has 1 saturated heterocycles. The Labute approximate surface area is 228 Å². The van der Waals surface area contributed by atoms with Gasteiger partial charge in [-0.1, -0.05) is 30.4 Å². The number of rotatable bonds is 4. The average molecular weight is 532 g/mol. The van der Waals surface area contributed by atoms with Crippen LogP contribution in [0.3, 0.4) is 0 Å². The molecule has 1 aromatic heterocycles. The number of anilines is 3. The minimum absolute atomic E-state index is 0.0487. The van der Waals surface area contributed by atoms with E-state index in [0.717, 1.165) is 51.7 Å². The Balaban J connectivity index is 1.31. The first-order valence-electron chi connectivity index (χ1n) is 12.8. The second-order valence-electron chi connectivity index (χ2n) is 10.1. The molecule has 0 radical (unpaired) electrons. The van der Waals surface area contributed by atoms with E-state index in [2.05, 4.69) is 15.7 Å². The monoisotopic (exact) mass is 531 g/mol. The fraction of sp³-hybridized carbons (Fsp3) is 0.357. The van der Waals surface area contributed by atoms with Gasteiger partial charge in [-0.25, -0.2) is 4.79 Å². The van der Waals surface area contributed by atoms with Crippen LogP contribution in [0.15, 0.2) is 48.7 Å². The number of aromatic nitrogens is 2. The van der Waals surface area contributed by atoms with Crippen LogP contribution in [0.2, 0.25) is 0 Å². The van der Waals surface area contributed by atoms with E-state index >= 15 is 0 Å². The number of carbonyl (C=O) groups is 2. The Morgan fingerprint density at radius 3 is 2.76 bits per heavy atom. The number of nitrogens with one attached hydrogen (secondary N) is 2. The lowest BCUT2D eigenvalue weighted by Crippen LogP contribution is -2.48. The molecule has 0 spiro atoms. The number of nitrogens with zero attached hydrogens (tertiary/aromatic N) is 5. The van der Waals surface area contributed by atoms with Crippen molar-refractivity contribution in [1.29, 1.82) is 0 Å². The van der Waals surface area contributed by atoms with Crippen LogP contribution in [0.5, 0.6) is 0 Å².